The zero-order valence-corrected chi connectivity index (χ0v) is 13.0. The van der Waals surface area contributed by atoms with Crippen LogP contribution in [-0.4, -0.2) is 18.1 Å². The van der Waals surface area contributed by atoms with Crippen molar-refractivity contribution in [3.8, 4) is 0 Å². The van der Waals surface area contributed by atoms with Crippen LogP contribution in [0, 0.1) is 0 Å². The smallest absolute Gasteiger partial charge is 0.129 e. The van der Waals surface area contributed by atoms with E-state index in [0.29, 0.717) is 0 Å². The van der Waals surface area contributed by atoms with Gasteiger partial charge in [-0.15, -0.1) is 0 Å². The standard InChI is InChI=1S/C18H25N3/c1-3-13-19-14-17-11-8-12-18(20-17)21(4-2)15-16-9-6-5-7-10-16/h5-12,19H,3-4,13-15H2,1-2H3. The lowest BCUT2D eigenvalue weighted by atomic mass is 10.2. The highest BCUT2D eigenvalue weighted by atomic mass is 15.2. The second-order valence-corrected chi connectivity index (χ2v) is 5.16. The molecule has 0 spiro atoms. The van der Waals surface area contributed by atoms with Gasteiger partial charge in [-0.05, 0) is 37.6 Å². The van der Waals surface area contributed by atoms with E-state index < -0.39 is 0 Å². The fraction of sp³-hybridized carbons (Fsp3) is 0.389. The molecule has 2 aromatic rings. The largest absolute Gasteiger partial charge is 0.353 e. The second-order valence-electron chi connectivity index (χ2n) is 5.16. The average Bonchev–Trinajstić information content (AvgIpc) is 2.54. The molecule has 0 aliphatic heterocycles. The Bertz CT molecular complexity index is 525. The van der Waals surface area contributed by atoms with E-state index >= 15 is 0 Å². The minimum absolute atomic E-state index is 0.838. The third-order valence-corrected chi connectivity index (χ3v) is 3.45. The first-order valence-corrected chi connectivity index (χ1v) is 7.79. The van der Waals surface area contributed by atoms with Gasteiger partial charge in [0.25, 0.3) is 0 Å². The van der Waals surface area contributed by atoms with Gasteiger partial charge in [-0.3, -0.25) is 0 Å². The fourth-order valence-corrected chi connectivity index (χ4v) is 2.29. The van der Waals surface area contributed by atoms with Crippen LogP contribution in [-0.2, 0) is 13.1 Å². The maximum Gasteiger partial charge on any atom is 0.129 e. The van der Waals surface area contributed by atoms with E-state index in [1.54, 1.807) is 0 Å². The maximum absolute atomic E-state index is 4.78. The van der Waals surface area contributed by atoms with Crippen LogP contribution in [0.5, 0.6) is 0 Å². The number of benzene rings is 1. The van der Waals surface area contributed by atoms with Crippen molar-refractivity contribution >= 4 is 5.82 Å². The van der Waals surface area contributed by atoms with Gasteiger partial charge in [0.1, 0.15) is 5.82 Å². The van der Waals surface area contributed by atoms with Gasteiger partial charge in [-0.25, -0.2) is 4.98 Å². The van der Waals surface area contributed by atoms with Crippen molar-refractivity contribution < 1.29 is 0 Å². The molecule has 21 heavy (non-hydrogen) atoms. The minimum atomic E-state index is 0.838. The Morgan fingerprint density at radius 1 is 1.00 bits per heavy atom. The number of rotatable bonds is 8. The maximum atomic E-state index is 4.78. The van der Waals surface area contributed by atoms with Crippen LogP contribution in [0.15, 0.2) is 48.5 Å². The van der Waals surface area contributed by atoms with E-state index in [0.717, 1.165) is 44.1 Å². The van der Waals surface area contributed by atoms with Crippen molar-refractivity contribution in [3.63, 3.8) is 0 Å². The number of pyridine rings is 1. The molecule has 0 amide bonds. The molecule has 3 nitrogen and oxygen atoms in total. The summed E-state index contributed by atoms with van der Waals surface area (Å²) in [6.45, 7) is 8.07. The second kappa shape index (κ2) is 8.42. The third-order valence-electron chi connectivity index (χ3n) is 3.45. The van der Waals surface area contributed by atoms with Crippen molar-refractivity contribution in [2.24, 2.45) is 0 Å². The molecule has 0 aliphatic carbocycles. The van der Waals surface area contributed by atoms with Gasteiger partial charge in [0.05, 0.1) is 5.69 Å². The van der Waals surface area contributed by atoms with Crippen molar-refractivity contribution in [2.45, 2.75) is 33.4 Å². The quantitative estimate of drug-likeness (QED) is 0.750. The Hall–Kier alpha value is -1.87. The highest BCUT2D eigenvalue weighted by molar-refractivity contribution is 5.40. The van der Waals surface area contributed by atoms with E-state index in [1.165, 1.54) is 5.56 Å². The predicted octanol–water partition coefficient (Wildman–Crippen LogP) is 3.61. The van der Waals surface area contributed by atoms with Crippen LogP contribution in [0.1, 0.15) is 31.5 Å². The highest BCUT2D eigenvalue weighted by Gasteiger charge is 2.07. The van der Waals surface area contributed by atoms with Crippen LogP contribution in [0.3, 0.4) is 0 Å². The molecule has 0 fully saturated rings. The van der Waals surface area contributed by atoms with Crippen LogP contribution in [0.2, 0.25) is 0 Å². The Morgan fingerprint density at radius 2 is 1.81 bits per heavy atom. The molecule has 0 atom stereocenters. The SMILES string of the molecule is CCCNCc1cccc(N(CC)Cc2ccccc2)n1. The molecule has 2 rings (SSSR count). The van der Waals surface area contributed by atoms with Gasteiger partial charge in [0.2, 0.25) is 0 Å². The lowest BCUT2D eigenvalue weighted by Crippen LogP contribution is -2.24. The summed E-state index contributed by atoms with van der Waals surface area (Å²) in [6.07, 6.45) is 1.15. The summed E-state index contributed by atoms with van der Waals surface area (Å²) in [7, 11) is 0. The number of hydrogen-bond acceptors (Lipinski definition) is 3. The Kier molecular flexibility index (Phi) is 6.22. The summed E-state index contributed by atoms with van der Waals surface area (Å²) < 4.78 is 0. The van der Waals surface area contributed by atoms with Gasteiger partial charge < -0.3 is 10.2 Å². The monoisotopic (exact) mass is 283 g/mol. The minimum Gasteiger partial charge on any atom is -0.353 e. The molecule has 0 saturated heterocycles. The lowest BCUT2D eigenvalue weighted by molar-refractivity contribution is 0.662. The molecule has 3 heteroatoms. The Balaban J connectivity index is 2.05. The third kappa shape index (κ3) is 4.87. The topological polar surface area (TPSA) is 28.2 Å². The first-order valence-electron chi connectivity index (χ1n) is 7.79. The van der Waals surface area contributed by atoms with Crippen molar-refractivity contribution in [1.82, 2.24) is 10.3 Å². The molecular weight excluding hydrogens is 258 g/mol. The van der Waals surface area contributed by atoms with Gasteiger partial charge in [-0.2, -0.15) is 0 Å². The van der Waals surface area contributed by atoms with Crippen LogP contribution < -0.4 is 10.2 Å². The van der Waals surface area contributed by atoms with Crippen molar-refractivity contribution in [3.05, 3.63) is 59.8 Å². The zero-order valence-electron chi connectivity index (χ0n) is 13.0. The van der Waals surface area contributed by atoms with E-state index in [1.807, 2.05) is 0 Å². The molecule has 1 aromatic heterocycles. The summed E-state index contributed by atoms with van der Waals surface area (Å²) in [6, 6.07) is 16.8. The number of nitrogens with one attached hydrogen (secondary N) is 1. The first kappa shape index (κ1) is 15.5. The molecule has 1 N–H and O–H groups in total. The van der Waals surface area contributed by atoms with E-state index in [-0.39, 0.29) is 0 Å². The molecule has 0 unspecified atom stereocenters. The zero-order chi connectivity index (χ0) is 14.9. The normalized spacial score (nSPS) is 10.6. The lowest BCUT2D eigenvalue weighted by Gasteiger charge is -2.22. The van der Waals surface area contributed by atoms with E-state index in [9.17, 15) is 0 Å². The van der Waals surface area contributed by atoms with Crippen molar-refractivity contribution in [2.75, 3.05) is 18.0 Å². The molecule has 1 aromatic carbocycles. The summed E-state index contributed by atoms with van der Waals surface area (Å²) in [5.74, 6) is 1.05. The predicted molar refractivity (Wildman–Crippen MR) is 89.4 cm³/mol. The van der Waals surface area contributed by atoms with Crippen LogP contribution in [0.4, 0.5) is 5.82 Å². The molecule has 112 valence electrons. The van der Waals surface area contributed by atoms with Gasteiger partial charge in [0, 0.05) is 19.6 Å². The molecular formula is C18H25N3. The summed E-state index contributed by atoms with van der Waals surface area (Å²) in [4.78, 5) is 7.08. The fourth-order valence-electron chi connectivity index (χ4n) is 2.29. The Morgan fingerprint density at radius 3 is 2.52 bits per heavy atom. The summed E-state index contributed by atoms with van der Waals surface area (Å²) in [5, 5.41) is 3.40. The van der Waals surface area contributed by atoms with Crippen molar-refractivity contribution in [1.29, 1.82) is 0 Å². The number of anilines is 1. The molecule has 1 heterocycles. The van der Waals surface area contributed by atoms with Gasteiger partial charge in [0.15, 0.2) is 0 Å². The van der Waals surface area contributed by atoms with Crippen LogP contribution in [0.25, 0.3) is 0 Å². The molecule has 0 aliphatic rings. The highest BCUT2D eigenvalue weighted by Crippen LogP contribution is 2.15. The van der Waals surface area contributed by atoms with Crippen LogP contribution >= 0.6 is 0 Å². The van der Waals surface area contributed by atoms with E-state index in [2.05, 4.69) is 72.6 Å². The molecule has 0 bridgehead atoms. The summed E-state index contributed by atoms with van der Waals surface area (Å²) >= 11 is 0. The first-order chi connectivity index (χ1) is 10.3. The molecule has 0 radical (unpaired) electrons. The molecule has 0 saturated carbocycles. The van der Waals surface area contributed by atoms with E-state index in [4.69, 9.17) is 4.98 Å². The Labute approximate surface area is 128 Å². The number of nitrogens with zero attached hydrogens (tertiary/aromatic N) is 2. The van der Waals surface area contributed by atoms with Gasteiger partial charge in [-0.1, -0.05) is 43.3 Å². The summed E-state index contributed by atoms with van der Waals surface area (Å²) in [5.41, 5.74) is 2.42. The number of hydrogen-bond donors (Lipinski definition) is 1. The average molecular weight is 283 g/mol. The van der Waals surface area contributed by atoms with Gasteiger partial charge >= 0.3 is 0 Å². The number of aromatic nitrogens is 1.